The highest BCUT2D eigenvalue weighted by Gasteiger charge is 2.04. The minimum absolute atomic E-state index is 0.495. The van der Waals surface area contributed by atoms with Crippen molar-refractivity contribution in [1.82, 2.24) is 4.98 Å². The van der Waals surface area contributed by atoms with Crippen LogP contribution in [0.2, 0.25) is 0 Å². The molecule has 0 spiro atoms. The predicted molar refractivity (Wildman–Crippen MR) is 64.1 cm³/mol. The SMILES string of the molecule is COc1ccc(-c2ccncc2)c(CN)c1. The third-order valence-electron chi connectivity index (χ3n) is 2.52. The minimum atomic E-state index is 0.495. The van der Waals surface area contributed by atoms with Gasteiger partial charge in [0.15, 0.2) is 0 Å². The van der Waals surface area contributed by atoms with Crippen molar-refractivity contribution >= 4 is 0 Å². The molecule has 82 valence electrons. The van der Waals surface area contributed by atoms with Crippen molar-refractivity contribution in [3.8, 4) is 16.9 Å². The Bertz CT molecular complexity index is 469. The molecule has 0 aliphatic carbocycles. The number of ether oxygens (including phenoxy) is 1. The Balaban J connectivity index is 2.49. The number of rotatable bonds is 3. The van der Waals surface area contributed by atoms with Gasteiger partial charge in [-0.3, -0.25) is 4.98 Å². The van der Waals surface area contributed by atoms with Crippen LogP contribution in [0.1, 0.15) is 5.56 Å². The van der Waals surface area contributed by atoms with Crippen LogP contribution in [0, 0.1) is 0 Å². The number of nitrogens with zero attached hydrogens (tertiary/aromatic N) is 1. The fraction of sp³-hybridized carbons (Fsp3) is 0.154. The first kappa shape index (κ1) is 10.6. The molecule has 0 radical (unpaired) electrons. The Labute approximate surface area is 94.9 Å². The van der Waals surface area contributed by atoms with Gasteiger partial charge in [0.05, 0.1) is 7.11 Å². The molecule has 0 atom stereocenters. The highest BCUT2D eigenvalue weighted by Crippen LogP contribution is 2.26. The molecular weight excluding hydrogens is 200 g/mol. The molecule has 3 nitrogen and oxygen atoms in total. The van der Waals surface area contributed by atoms with Crippen LogP contribution in [0.15, 0.2) is 42.7 Å². The van der Waals surface area contributed by atoms with Crippen LogP contribution in [-0.4, -0.2) is 12.1 Å². The fourth-order valence-electron chi connectivity index (χ4n) is 1.68. The van der Waals surface area contributed by atoms with E-state index in [-0.39, 0.29) is 0 Å². The molecule has 2 aromatic rings. The molecule has 0 saturated heterocycles. The number of hydrogen-bond acceptors (Lipinski definition) is 3. The maximum absolute atomic E-state index is 5.74. The molecule has 16 heavy (non-hydrogen) atoms. The van der Waals surface area contributed by atoms with E-state index in [4.69, 9.17) is 10.5 Å². The Morgan fingerprint density at radius 3 is 2.56 bits per heavy atom. The van der Waals surface area contributed by atoms with E-state index in [1.54, 1.807) is 19.5 Å². The summed E-state index contributed by atoms with van der Waals surface area (Å²) < 4.78 is 5.18. The molecule has 1 aromatic heterocycles. The molecule has 2 N–H and O–H groups in total. The van der Waals surface area contributed by atoms with Gasteiger partial charge in [-0.15, -0.1) is 0 Å². The maximum Gasteiger partial charge on any atom is 0.119 e. The van der Waals surface area contributed by atoms with Crippen molar-refractivity contribution in [2.75, 3.05) is 7.11 Å². The van der Waals surface area contributed by atoms with Crippen LogP contribution >= 0.6 is 0 Å². The molecule has 0 saturated carbocycles. The van der Waals surface area contributed by atoms with Crippen molar-refractivity contribution in [3.05, 3.63) is 48.3 Å². The number of methoxy groups -OCH3 is 1. The van der Waals surface area contributed by atoms with Gasteiger partial charge in [-0.05, 0) is 41.0 Å². The predicted octanol–water partition coefficient (Wildman–Crippen LogP) is 2.22. The van der Waals surface area contributed by atoms with Gasteiger partial charge in [0.2, 0.25) is 0 Å². The summed E-state index contributed by atoms with van der Waals surface area (Å²) in [6.07, 6.45) is 3.56. The third kappa shape index (κ3) is 2.04. The normalized spacial score (nSPS) is 10.1. The average molecular weight is 214 g/mol. The van der Waals surface area contributed by atoms with E-state index in [2.05, 4.69) is 4.98 Å². The summed E-state index contributed by atoms with van der Waals surface area (Å²) in [5, 5.41) is 0. The van der Waals surface area contributed by atoms with Crippen molar-refractivity contribution in [2.24, 2.45) is 5.73 Å². The lowest BCUT2D eigenvalue weighted by Crippen LogP contribution is -1.99. The van der Waals surface area contributed by atoms with E-state index in [0.717, 1.165) is 22.4 Å². The number of pyridine rings is 1. The Kier molecular flexibility index (Phi) is 3.17. The lowest BCUT2D eigenvalue weighted by molar-refractivity contribution is 0.414. The van der Waals surface area contributed by atoms with Gasteiger partial charge in [-0.2, -0.15) is 0 Å². The molecule has 1 aromatic carbocycles. The van der Waals surface area contributed by atoms with Crippen LogP contribution in [0.5, 0.6) is 5.75 Å². The lowest BCUT2D eigenvalue weighted by atomic mass is 10.0. The molecule has 0 fully saturated rings. The van der Waals surface area contributed by atoms with Crippen molar-refractivity contribution in [1.29, 1.82) is 0 Å². The van der Waals surface area contributed by atoms with Crippen molar-refractivity contribution in [3.63, 3.8) is 0 Å². The summed E-state index contributed by atoms with van der Waals surface area (Å²) >= 11 is 0. The summed E-state index contributed by atoms with van der Waals surface area (Å²) in [5.41, 5.74) is 9.07. The zero-order valence-electron chi connectivity index (χ0n) is 9.18. The second-order valence-electron chi connectivity index (χ2n) is 3.46. The standard InChI is InChI=1S/C13H14N2O/c1-16-12-2-3-13(11(8-12)9-14)10-4-6-15-7-5-10/h2-8H,9,14H2,1H3. The summed E-state index contributed by atoms with van der Waals surface area (Å²) in [7, 11) is 1.65. The molecule has 0 aliphatic heterocycles. The van der Waals surface area contributed by atoms with E-state index in [1.165, 1.54) is 0 Å². The maximum atomic E-state index is 5.74. The fourth-order valence-corrected chi connectivity index (χ4v) is 1.68. The van der Waals surface area contributed by atoms with Gasteiger partial charge >= 0.3 is 0 Å². The van der Waals surface area contributed by atoms with Crippen molar-refractivity contribution in [2.45, 2.75) is 6.54 Å². The summed E-state index contributed by atoms with van der Waals surface area (Å²) in [5.74, 6) is 0.832. The lowest BCUT2D eigenvalue weighted by Gasteiger charge is -2.09. The Morgan fingerprint density at radius 1 is 1.19 bits per heavy atom. The van der Waals surface area contributed by atoms with Gasteiger partial charge in [-0.25, -0.2) is 0 Å². The number of hydrogen-bond donors (Lipinski definition) is 1. The van der Waals surface area contributed by atoms with Gasteiger partial charge in [0.25, 0.3) is 0 Å². The van der Waals surface area contributed by atoms with Gasteiger partial charge in [0.1, 0.15) is 5.75 Å². The van der Waals surface area contributed by atoms with E-state index >= 15 is 0 Å². The first-order valence-electron chi connectivity index (χ1n) is 5.12. The number of nitrogens with two attached hydrogens (primary N) is 1. The number of benzene rings is 1. The second kappa shape index (κ2) is 4.77. The zero-order valence-corrected chi connectivity index (χ0v) is 9.18. The van der Waals surface area contributed by atoms with E-state index in [1.807, 2.05) is 30.3 Å². The quantitative estimate of drug-likeness (QED) is 0.852. The largest absolute Gasteiger partial charge is 0.497 e. The Hall–Kier alpha value is -1.87. The van der Waals surface area contributed by atoms with E-state index in [0.29, 0.717) is 6.54 Å². The molecule has 1 heterocycles. The summed E-state index contributed by atoms with van der Waals surface area (Å²) in [6.45, 7) is 0.495. The number of aromatic nitrogens is 1. The molecule has 0 amide bonds. The highest BCUT2D eigenvalue weighted by atomic mass is 16.5. The third-order valence-corrected chi connectivity index (χ3v) is 2.52. The van der Waals surface area contributed by atoms with Crippen LogP contribution in [0.3, 0.4) is 0 Å². The molecule has 0 unspecified atom stereocenters. The van der Waals surface area contributed by atoms with Crippen LogP contribution < -0.4 is 10.5 Å². The van der Waals surface area contributed by atoms with E-state index < -0.39 is 0 Å². The molecule has 2 rings (SSSR count). The van der Waals surface area contributed by atoms with Gasteiger partial charge in [0, 0.05) is 18.9 Å². The monoisotopic (exact) mass is 214 g/mol. The topological polar surface area (TPSA) is 48.1 Å². The average Bonchev–Trinajstić information content (AvgIpc) is 2.39. The molecular formula is C13H14N2O. The zero-order chi connectivity index (χ0) is 11.4. The smallest absolute Gasteiger partial charge is 0.119 e. The first-order valence-corrected chi connectivity index (χ1v) is 5.12. The molecule has 3 heteroatoms. The Morgan fingerprint density at radius 2 is 1.94 bits per heavy atom. The van der Waals surface area contributed by atoms with Crippen LogP contribution in [0.4, 0.5) is 0 Å². The molecule has 0 bridgehead atoms. The van der Waals surface area contributed by atoms with Gasteiger partial charge < -0.3 is 10.5 Å². The van der Waals surface area contributed by atoms with Gasteiger partial charge in [-0.1, -0.05) is 6.07 Å². The van der Waals surface area contributed by atoms with Crippen LogP contribution in [-0.2, 0) is 6.54 Å². The van der Waals surface area contributed by atoms with Crippen molar-refractivity contribution < 1.29 is 4.74 Å². The minimum Gasteiger partial charge on any atom is -0.497 e. The highest BCUT2D eigenvalue weighted by molar-refractivity contribution is 5.67. The first-order chi connectivity index (χ1) is 7.85. The van der Waals surface area contributed by atoms with E-state index in [9.17, 15) is 0 Å². The summed E-state index contributed by atoms with van der Waals surface area (Å²) in [6, 6.07) is 9.88. The second-order valence-corrected chi connectivity index (χ2v) is 3.46. The molecule has 0 aliphatic rings. The summed E-state index contributed by atoms with van der Waals surface area (Å²) in [4.78, 5) is 4.00. The van der Waals surface area contributed by atoms with Crippen LogP contribution in [0.25, 0.3) is 11.1 Å².